The molecule has 1 heterocycles. The molecule has 4 saturated carbocycles. The average molecular weight is 840 g/mol. The normalized spacial score (nSPS) is 20.0. The van der Waals surface area contributed by atoms with Crippen LogP contribution in [-0.4, -0.2) is 0 Å². The minimum Gasteiger partial charge on any atom is -0.311 e. The molecule has 10 aromatic rings. The highest BCUT2D eigenvalue weighted by molar-refractivity contribution is 7.25. The molecule has 4 aliphatic carbocycles. The van der Waals surface area contributed by atoms with Crippen LogP contribution >= 0.6 is 11.3 Å². The van der Waals surface area contributed by atoms with Crippen LogP contribution in [0.25, 0.3) is 75.5 Å². The van der Waals surface area contributed by atoms with Crippen molar-refractivity contribution in [3.63, 3.8) is 0 Å². The van der Waals surface area contributed by atoms with Gasteiger partial charge in [0, 0.05) is 37.2 Å². The Kier molecular flexibility index (Phi) is 8.98. The highest BCUT2D eigenvalue weighted by Crippen LogP contribution is 2.61. The fraction of sp³-hybridized carbons (Fsp3) is 0.161. The van der Waals surface area contributed by atoms with E-state index in [4.69, 9.17) is 0 Å². The minimum absolute atomic E-state index is 0.421. The maximum atomic E-state index is 2.48. The first-order chi connectivity index (χ1) is 31.6. The van der Waals surface area contributed by atoms with Crippen LogP contribution in [-0.2, 0) is 5.41 Å². The van der Waals surface area contributed by atoms with Gasteiger partial charge in [-0.3, -0.25) is 0 Å². The van der Waals surface area contributed by atoms with E-state index in [0.29, 0.717) is 5.41 Å². The molecule has 0 saturated heterocycles. The molecule has 2 heteroatoms. The Morgan fingerprint density at radius 3 is 1.36 bits per heavy atom. The predicted octanol–water partition coefficient (Wildman–Crippen LogP) is 17.8. The number of fused-ring (bicyclic) bond motifs is 4. The third kappa shape index (κ3) is 6.41. The van der Waals surface area contributed by atoms with E-state index in [-0.39, 0.29) is 0 Å². The lowest BCUT2D eigenvalue weighted by molar-refractivity contribution is -0.00518. The SMILES string of the molecule is c1ccc(-c2cccc3cccc(-c4ccc(N(c5ccc(-c6ccc(C78CC9CC(CC(C9)C7)C8)cc6)cc5)c5ccc(-c6cccc7sc8ccccc8c67)cc5)cc4)c23)cc1. The molecule has 0 spiro atoms. The van der Waals surface area contributed by atoms with E-state index < -0.39 is 0 Å². The van der Waals surface area contributed by atoms with Crippen molar-refractivity contribution in [1.29, 1.82) is 0 Å². The van der Waals surface area contributed by atoms with Gasteiger partial charge in [-0.2, -0.15) is 0 Å². The average Bonchev–Trinajstić information content (AvgIpc) is 3.74. The summed E-state index contributed by atoms with van der Waals surface area (Å²) >= 11 is 1.88. The van der Waals surface area contributed by atoms with Gasteiger partial charge in [0.15, 0.2) is 0 Å². The molecule has 0 amide bonds. The molecule has 0 aliphatic heterocycles. The Labute approximate surface area is 380 Å². The van der Waals surface area contributed by atoms with Gasteiger partial charge in [0.1, 0.15) is 0 Å². The Morgan fingerprint density at radius 1 is 0.359 bits per heavy atom. The van der Waals surface area contributed by atoms with Crippen molar-refractivity contribution in [2.24, 2.45) is 17.8 Å². The van der Waals surface area contributed by atoms with E-state index in [1.165, 1.54) is 114 Å². The molecule has 1 nitrogen and oxygen atoms in total. The molecule has 0 unspecified atom stereocenters. The van der Waals surface area contributed by atoms with E-state index in [9.17, 15) is 0 Å². The lowest BCUT2D eigenvalue weighted by Gasteiger charge is -2.57. The maximum Gasteiger partial charge on any atom is 0.0462 e. The van der Waals surface area contributed by atoms with Gasteiger partial charge in [0.05, 0.1) is 0 Å². The smallest absolute Gasteiger partial charge is 0.0462 e. The van der Waals surface area contributed by atoms with Gasteiger partial charge < -0.3 is 4.90 Å². The number of anilines is 3. The Morgan fingerprint density at radius 2 is 0.797 bits per heavy atom. The molecule has 0 radical (unpaired) electrons. The van der Waals surface area contributed by atoms with E-state index >= 15 is 0 Å². The molecule has 14 rings (SSSR count). The summed E-state index contributed by atoms with van der Waals surface area (Å²) in [4.78, 5) is 2.41. The van der Waals surface area contributed by atoms with Crippen molar-refractivity contribution in [2.45, 2.75) is 43.9 Å². The zero-order valence-corrected chi connectivity index (χ0v) is 36.8. The van der Waals surface area contributed by atoms with Crippen LogP contribution < -0.4 is 4.90 Å². The second kappa shape index (κ2) is 15.2. The molecule has 9 aromatic carbocycles. The highest BCUT2D eigenvalue weighted by Gasteiger charge is 2.51. The van der Waals surface area contributed by atoms with Crippen LogP contribution in [0.2, 0.25) is 0 Å². The summed E-state index contributed by atoms with van der Waals surface area (Å²) in [6, 6.07) is 77.0. The summed E-state index contributed by atoms with van der Waals surface area (Å²) in [7, 11) is 0. The summed E-state index contributed by atoms with van der Waals surface area (Å²) in [5.41, 5.74) is 15.4. The Bertz CT molecular complexity index is 3280. The summed E-state index contributed by atoms with van der Waals surface area (Å²) < 4.78 is 2.66. The van der Waals surface area contributed by atoms with Crippen LogP contribution in [0, 0.1) is 17.8 Å². The molecule has 4 bridgehead atoms. The fourth-order valence-corrected chi connectivity index (χ4v) is 13.9. The molecule has 4 aliphatic rings. The van der Waals surface area contributed by atoms with Crippen molar-refractivity contribution < 1.29 is 0 Å². The lowest BCUT2D eigenvalue weighted by Crippen LogP contribution is -2.48. The van der Waals surface area contributed by atoms with Crippen LogP contribution in [0.4, 0.5) is 17.1 Å². The Balaban J connectivity index is 0.868. The third-order valence-electron chi connectivity index (χ3n) is 15.3. The largest absolute Gasteiger partial charge is 0.311 e. The van der Waals surface area contributed by atoms with Crippen molar-refractivity contribution in [3.05, 3.63) is 212 Å². The van der Waals surface area contributed by atoms with E-state index in [1.807, 2.05) is 11.3 Å². The third-order valence-corrected chi connectivity index (χ3v) is 16.4. The minimum atomic E-state index is 0.421. The van der Waals surface area contributed by atoms with Crippen molar-refractivity contribution in [3.8, 4) is 44.5 Å². The predicted molar refractivity (Wildman–Crippen MR) is 273 cm³/mol. The number of nitrogens with zero attached hydrogens (tertiary/aromatic N) is 1. The number of hydrogen-bond donors (Lipinski definition) is 0. The van der Waals surface area contributed by atoms with Crippen LogP contribution in [0.15, 0.2) is 206 Å². The molecule has 0 atom stereocenters. The molecular weight excluding hydrogens is 791 g/mol. The van der Waals surface area contributed by atoms with Crippen LogP contribution in [0.3, 0.4) is 0 Å². The number of thiophene rings is 1. The first-order valence-corrected chi connectivity index (χ1v) is 24.1. The fourth-order valence-electron chi connectivity index (χ4n) is 12.8. The second-order valence-corrected chi connectivity index (χ2v) is 20.2. The zero-order valence-electron chi connectivity index (χ0n) is 36.0. The van der Waals surface area contributed by atoms with E-state index in [1.54, 1.807) is 5.56 Å². The van der Waals surface area contributed by atoms with E-state index in [0.717, 1.165) is 34.8 Å². The number of rotatable bonds is 8. The lowest BCUT2D eigenvalue weighted by atomic mass is 9.48. The summed E-state index contributed by atoms with van der Waals surface area (Å²) in [6.07, 6.45) is 8.67. The maximum absolute atomic E-state index is 2.48. The summed E-state index contributed by atoms with van der Waals surface area (Å²) in [5, 5.41) is 5.20. The van der Waals surface area contributed by atoms with Gasteiger partial charge in [0.25, 0.3) is 0 Å². The molecular formula is C62H49NS. The monoisotopic (exact) mass is 839 g/mol. The van der Waals surface area contributed by atoms with Gasteiger partial charge >= 0.3 is 0 Å². The molecule has 1 aromatic heterocycles. The highest BCUT2D eigenvalue weighted by atomic mass is 32.1. The Hall–Kier alpha value is -6.74. The van der Waals surface area contributed by atoms with Gasteiger partial charge in [-0.1, -0.05) is 158 Å². The molecule has 308 valence electrons. The number of hydrogen-bond acceptors (Lipinski definition) is 2. The second-order valence-electron chi connectivity index (χ2n) is 19.1. The van der Waals surface area contributed by atoms with Gasteiger partial charge in [-0.15, -0.1) is 11.3 Å². The van der Waals surface area contributed by atoms with Gasteiger partial charge in [0.2, 0.25) is 0 Å². The zero-order chi connectivity index (χ0) is 42.2. The molecule has 64 heavy (non-hydrogen) atoms. The summed E-state index contributed by atoms with van der Waals surface area (Å²) in [5.74, 6) is 2.86. The van der Waals surface area contributed by atoms with Crippen LogP contribution in [0.1, 0.15) is 44.1 Å². The first-order valence-electron chi connectivity index (χ1n) is 23.3. The van der Waals surface area contributed by atoms with Gasteiger partial charge in [-0.05, 0) is 171 Å². The molecule has 0 N–H and O–H groups in total. The quantitative estimate of drug-likeness (QED) is 0.147. The van der Waals surface area contributed by atoms with Crippen molar-refractivity contribution in [2.75, 3.05) is 4.90 Å². The number of benzene rings is 9. The van der Waals surface area contributed by atoms with Gasteiger partial charge in [-0.25, -0.2) is 0 Å². The summed E-state index contributed by atoms with van der Waals surface area (Å²) in [6.45, 7) is 0. The standard InChI is InChI=1S/C62H49NS/c1-2-9-46(10-3-1)54-14-6-11-49-12-7-15-55(60(49)54)47-23-31-52(32-24-47)63(53-33-25-48(26-34-53)56-16-8-18-59-61(56)57-13-4-5-17-58(57)64-59)51-29-21-45(22-30-51)44-19-27-50(28-20-44)62-38-41-35-42(39-62)37-43(36-41)40-62/h1-34,41-43H,35-40H2. The first kappa shape index (κ1) is 37.8. The van der Waals surface area contributed by atoms with Crippen molar-refractivity contribution in [1.82, 2.24) is 0 Å². The van der Waals surface area contributed by atoms with Crippen molar-refractivity contribution >= 4 is 59.3 Å². The topological polar surface area (TPSA) is 3.24 Å². The van der Waals surface area contributed by atoms with E-state index in [2.05, 4.69) is 211 Å². The molecule has 4 fully saturated rings. The van der Waals surface area contributed by atoms with Crippen LogP contribution in [0.5, 0.6) is 0 Å².